The molecule has 11 heteroatoms. The van der Waals surface area contributed by atoms with Crippen LogP contribution in [0.2, 0.25) is 0 Å². The van der Waals surface area contributed by atoms with Crippen LogP contribution in [0, 0.1) is 5.82 Å². The first-order valence-corrected chi connectivity index (χ1v) is 10.9. The van der Waals surface area contributed by atoms with Crippen molar-refractivity contribution >= 4 is 23.3 Å². The molecule has 10 nitrogen and oxygen atoms in total. The molecule has 3 aromatic rings. The molecular formula is C21H27FN8O2. The van der Waals surface area contributed by atoms with Crippen LogP contribution in [0.4, 0.5) is 16.2 Å². The lowest BCUT2D eigenvalue weighted by molar-refractivity contribution is -0.117. The number of hydrogen-bond donors (Lipinski definition) is 2. The number of halogens is 1. The Labute approximate surface area is 185 Å². The Morgan fingerprint density at radius 2 is 2.12 bits per heavy atom. The molecule has 1 amide bonds. The van der Waals surface area contributed by atoms with Crippen molar-refractivity contribution in [3.05, 3.63) is 24.3 Å². The van der Waals surface area contributed by atoms with Gasteiger partial charge in [0.1, 0.15) is 11.4 Å². The summed E-state index contributed by atoms with van der Waals surface area (Å²) in [6.45, 7) is 6.28. The Kier molecular flexibility index (Phi) is 6.45. The first kappa shape index (κ1) is 21.9. The molecule has 0 radical (unpaired) electrons. The Bertz CT molecular complexity index is 1110. The Morgan fingerprint density at radius 1 is 1.28 bits per heavy atom. The van der Waals surface area contributed by atoms with E-state index in [9.17, 15) is 9.18 Å². The summed E-state index contributed by atoms with van der Waals surface area (Å²) >= 11 is 0. The van der Waals surface area contributed by atoms with E-state index in [-0.39, 0.29) is 17.6 Å². The summed E-state index contributed by atoms with van der Waals surface area (Å²) < 4.78 is 21.6. The second-order valence-electron chi connectivity index (χ2n) is 7.32. The van der Waals surface area contributed by atoms with Crippen LogP contribution in [0.1, 0.15) is 33.1 Å². The van der Waals surface area contributed by atoms with Crippen LogP contribution in [0.25, 0.3) is 17.0 Å². The normalized spacial score (nSPS) is 18.1. The van der Waals surface area contributed by atoms with E-state index in [2.05, 4.69) is 30.7 Å². The fourth-order valence-corrected chi connectivity index (χ4v) is 3.84. The minimum atomic E-state index is -0.580. The van der Waals surface area contributed by atoms with Gasteiger partial charge < -0.3 is 15.4 Å². The van der Waals surface area contributed by atoms with Gasteiger partial charge in [-0.3, -0.25) is 9.69 Å². The van der Waals surface area contributed by atoms with E-state index in [0.29, 0.717) is 41.8 Å². The number of anilines is 2. The number of fused-ring (bicyclic) bond motifs is 1. The molecule has 0 aliphatic carbocycles. The van der Waals surface area contributed by atoms with Crippen molar-refractivity contribution in [2.24, 2.45) is 0 Å². The molecule has 5 heterocycles. The summed E-state index contributed by atoms with van der Waals surface area (Å²) in [5.74, 6) is 0.569. The maximum Gasteiger partial charge on any atom is 0.228 e. The smallest absolute Gasteiger partial charge is 0.228 e. The van der Waals surface area contributed by atoms with E-state index in [1.807, 2.05) is 13.8 Å². The van der Waals surface area contributed by atoms with E-state index < -0.39 is 5.82 Å². The summed E-state index contributed by atoms with van der Waals surface area (Å²) in [7, 11) is 1.52. The summed E-state index contributed by atoms with van der Waals surface area (Å²) in [4.78, 5) is 26.6. The van der Waals surface area contributed by atoms with Gasteiger partial charge in [-0.25, -0.2) is 23.9 Å². The Balaban J connectivity index is 0.00000119. The molecule has 2 fully saturated rings. The third kappa shape index (κ3) is 4.07. The highest BCUT2D eigenvalue weighted by Gasteiger charge is 2.28. The van der Waals surface area contributed by atoms with E-state index in [4.69, 9.17) is 4.74 Å². The van der Waals surface area contributed by atoms with Crippen molar-refractivity contribution in [3.8, 4) is 17.1 Å². The van der Waals surface area contributed by atoms with Crippen LogP contribution in [0.15, 0.2) is 18.5 Å². The van der Waals surface area contributed by atoms with Crippen molar-refractivity contribution in [1.29, 1.82) is 0 Å². The number of imidazole rings is 1. The second kappa shape index (κ2) is 9.43. The molecular weight excluding hydrogens is 415 g/mol. The van der Waals surface area contributed by atoms with Gasteiger partial charge in [-0.1, -0.05) is 13.8 Å². The number of nitrogens with one attached hydrogen (secondary N) is 2. The predicted molar refractivity (Wildman–Crippen MR) is 118 cm³/mol. The van der Waals surface area contributed by atoms with Gasteiger partial charge in [-0.15, -0.1) is 5.10 Å². The number of aromatic nitrogens is 5. The van der Waals surface area contributed by atoms with Gasteiger partial charge in [0, 0.05) is 31.6 Å². The van der Waals surface area contributed by atoms with Gasteiger partial charge in [0.15, 0.2) is 23.0 Å². The minimum absolute atomic E-state index is 0.0216. The van der Waals surface area contributed by atoms with Crippen LogP contribution in [-0.4, -0.2) is 63.3 Å². The van der Waals surface area contributed by atoms with Crippen LogP contribution in [0.5, 0.6) is 5.75 Å². The predicted octanol–water partition coefficient (Wildman–Crippen LogP) is 2.26. The van der Waals surface area contributed by atoms with Gasteiger partial charge in [0.2, 0.25) is 11.9 Å². The summed E-state index contributed by atoms with van der Waals surface area (Å²) in [5, 5.41) is 11.0. The maximum absolute atomic E-state index is 14.7. The molecule has 0 saturated carbocycles. The van der Waals surface area contributed by atoms with Crippen LogP contribution in [-0.2, 0) is 4.79 Å². The molecule has 3 aromatic heterocycles. The highest BCUT2D eigenvalue weighted by molar-refractivity contribution is 5.95. The molecule has 5 rings (SSSR count). The largest absolute Gasteiger partial charge is 0.493 e. The van der Waals surface area contributed by atoms with Gasteiger partial charge in [0.05, 0.1) is 19.5 Å². The number of carbonyl (C=O) groups is 1. The number of carbonyl (C=O) groups excluding carboxylic acids is 1. The minimum Gasteiger partial charge on any atom is -0.493 e. The van der Waals surface area contributed by atoms with E-state index >= 15 is 0 Å². The molecule has 1 unspecified atom stereocenters. The van der Waals surface area contributed by atoms with E-state index in [1.54, 1.807) is 11.0 Å². The zero-order valence-electron chi connectivity index (χ0n) is 18.4. The van der Waals surface area contributed by atoms with Crippen LogP contribution in [0.3, 0.4) is 0 Å². The highest BCUT2D eigenvalue weighted by Crippen LogP contribution is 2.32. The van der Waals surface area contributed by atoms with Gasteiger partial charge in [0.25, 0.3) is 0 Å². The topological polar surface area (TPSA) is 110 Å². The van der Waals surface area contributed by atoms with Gasteiger partial charge in [-0.2, -0.15) is 0 Å². The van der Waals surface area contributed by atoms with Crippen molar-refractivity contribution in [2.45, 2.75) is 39.2 Å². The van der Waals surface area contributed by atoms with Crippen LogP contribution >= 0.6 is 0 Å². The number of amides is 1. The summed E-state index contributed by atoms with van der Waals surface area (Å²) in [6.07, 6.45) is 4.81. The van der Waals surface area contributed by atoms with Crippen LogP contribution < -0.4 is 20.3 Å². The molecule has 170 valence electrons. The van der Waals surface area contributed by atoms with Gasteiger partial charge in [-0.05, 0) is 19.4 Å². The molecule has 2 saturated heterocycles. The number of rotatable bonds is 5. The number of ether oxygens (including phenoxy) is 1. The molecule has 0 aromatic carbocycles. The zero-order valence-corrected chi connectivity index (χ0v) is 18.4. The van der Waals surface area contributed by atoms with E-state index in [0.717, 1.165) is 32.1 Å². The van der Waals surface area contributed by atoms with Crippen molar-refractivity contribution < 1.29 is 13.9 Å². The molecule has 2 aliphatic heterocycles. The lowest BCUT2D eigenvalue weighted by atomic mass is 10.2. The molecule has 2 N–H and O–H groups in total. The standard InChI is InChI=1S/C19H21FN8O2.C2H6/c1-30-14-7-15-22-10-13(28(15)26-18(14)27-6-2-3-16(27)29)17-12(20)9-23-19(25-17)24-11-4-5-21-8-11;1-2/h7,9-11,21H,2-6,8H2,1H3,(H,23,24,25);1-2H3. The number of nitrogens with zero attached hydrogens (tertiary/aromatic N) is 6. The molecule has 0 spiro atoms. The third-order valence-electron chi connectivity index (χ3n) is 5.37. The van der Waals surface area contributed by atoms with Crippen molar-refractivity contribution in [2.75, 3.05) is 37.0 Å². The number of methoxy groups -OCH3 is 1. The second-order valence-corrected chi connectivity index (χ2v) is 7.32. The SMILES string of the molecule is CC.COc1cc2ncc(-c3nc(NC4CCNC4)ncc3F)n2nc1N1CCCC1=O. The van der Waals surface area contributed by atoms with Gasteiger partial charge >= 0.3 is 0 Å². The molecule has 2 aliphatic rings. The number of hydrogen-bond acceptors (Lipinski definition) is 8. The third-order valence-corrected chi connectivity index (χ3v) is 5.37. The Morgan fingerprint density at radius 3 is 2.81 bits per heavy atom. The fourth-order valence-electron chi connectivity index (χ4n) is 3.84. The molecule has 1 atom stereocenters. The lowest BCUT2D eigenvalue weighted by Gasteiger charge is -2.18. The Hall–Kier alpha value is -3.34. The molecule has 0 bridgehead atoms. The quantitative estimate of drug-likeness (QED) is 0.619. The average molecular weight is 442 g/mol. The van der Waals surface area contributed by atoms with Crippen molar-refractivity contribution in [3.63, 3.8) is 0 Å². The first-order chi connectivity index (χ1) is 15.6. The first-order valence-electron chi connectivity index (χ1n) is 10.9. The highest BCUT2D eigenvalue weighted by atomic mass is 19.1. The summed E-state index contributed by atoms with van der Waals surface area (Å²) in [6, 6.07) is 1.88. The maximum atomic E-state index is 14.7. The monoisotopic (exact) mass is 442 g/mol. The summed E-state index contributed by atoms with van der Waals surface area (Å²) in [5.41, 5.74) is 0.917. The lowest BCUT2D eigenvalue weighted by Crippen LogP contribution is -2.26. The average Bonchev–Trinajstić information content (AvgIpc) is 3.57. The zero-order chi connectivity index (χ0) is 22.7. The molecule has 32 heavy (non-hydrogen) atoms. The van der Waals surface area contributed by atoms with Crippen molar-refractivity contribution in [1.82, 2.24) is 29.9 Å². The van der Waals surface area contributed by atoms with E-state index in [1.165, 1.54) is 17.8 Å². The fraction of sp³-hybridized carbons (Fsp3) is 0.476.